The third-order valence-corrected chi connectivity index (χ3v) is 2.47. The number of halogens is 3. The molecule has 22 heavy (non-hydrogen) atoms. The minimum atomic E-state index is -4.61. The Balaban J connectivity index is 2.87. The minimum Gasteiger partial charge on any atom is -0.458 e. The largest absolute Gasteiger partial charge is 0.458 e. The van der Waals surface area contributed by atoms with E-state index in [2.05, 4.69) is 5.32 Å². The van der Waals surface area contributed by atoms with Crippen LogP contribution >= 0.6 is 0 Å². The van der Waals surface area contributed by atoms with Gasteiger partial charge in [0.25, 0.3) is 5.91 Å². The van der Waals surface area contributed by atoms with Crippen LogP contribution in [0.15, 0.2) is 30.3 Å². The van der Waals surface area contributed by atoms with Gasteiger partial charge in [-0.3, -0.25) is 4.79 Å². The number of ether oxygens (including phenoxy) is 1. The Morgan fingerprint density at radius 3 is 2.14 bits per heavy atom. The van der Waals surface area contributed by atoms with Crippen molar-refractivity contribution in [3.63, 3.8) is 0 Å². The maximum Gasteiger partial charge on any atom is 0.391 e. The Morgan fingerprint density at radius 2 is 1.68 bits per heavy atom. The van der Waals surface area contributed by atoms with Crippen LogP contribution in [0.5, 0.6) is 0 Å². The molecule has 0 fully saturated rings. The van der Waals surface area contributed by atoms with E-state index < -0.39 is 36.1 Å². The molecule has 1 amide bonds. The molecule has 1 aromatic rings. The first kappa shape index (κ1) is 18.0. The monoisotopic (exact) mass is 317 g/mol. The van der Waals surface area contributed by atoms with E-state index in [4.69, 9.17) is 4.74 Å². The second-order valence-corrected chi connectivity index (χ2v) is 5.74. The quantitative estimate of drug-likeness (QED) is 0.868. The summed E-state index contributed by atoms with van der Waals surface area (Å²) >= 11 is 0. The molecule has 1 N–H and O–H groups in total. The van der Waals surface area contributed by atoms with Crippen molar-refractivity contribution in [3.05, 3.63) is 35.9 Å². The highest BCUT2D eigenvalue weighted by atomic mass is 19.4. The van der Waals surface area contributed by atoms with Gasteiger partial charge < -0.3 is 10.1 Å². The third-order valence-electron chi connectivity index (χ3n) is 2.47. The van der Waals surface area contributed by atoms with Crippen molar-refractivity contribution in [1.29, 1.82) is 0 Å². The molecule has 0 aliphatic carbocycles. The first-order valence-electron chi connectivity index (χ1n) is 6.63. The lowest BCUT2D eigenvalue weighted by Crippen LogP contribution is -2.46. The van der Waals surface area contributed by atoms with Gasteiger partial charge in [0.05, 0.1) is 6.42 Å². The zero-order chi connectivity index (χ0) is 17.0. The molecule has 7 heteroatoms. The number of hydrogen-bond acceptors (Lipinski definition) is 3. The molecule has 1 atom stereocenters. The van der Waals surface area contributed by atoms with Crippen LogP contribution in [0.4, 0.5) is 13.2 Å². The van der Waals surface area contributed by atoms with Crippen LogP contribution in [0.25, 0.3) is 0 Å². The average Bonchev–Trinajstić information content (AvgIpc) is 2.35. The van der Waals surface area contributed by atoms with E-state index in [1.807, 2.05) is 0 Å². The predicted molar refractivity (Wildman–Crippen MR) is 74.2 cm³/mol. The molecule has 1 aromatic carbocycles. The van der Waals surface area contributed by atoms with Crippen molar-refractivity contribution in [2.75, 3.05) is 0 Å². The standard InChI is InChI=1S/C15H18F3NO3/c1-14(2,3)22-13(21)11(9-15(16,17)18)19-12(20)10-7-5-4-6-8-10/h4-8,11H,9H2,1-3H3,(H,19,20). The zero-order valence-electron chi connectivity index (χ0n) is 12.5. The number of benzene rings is 1. The lowest BCUT2D eigenvalue weighted by atomic mass is 10.1. The molecule has 4 nitrogen and oxygen atoms in total. The van der Waals surface area contributed by atoms with Gasteiger partial charge in [0.1, 0.15) is 11.6 Å². The molecule has 1 rings (SSSR count). The first-order chi connectivity index (χ1) is 9.98. The highest BCUT2D eigenvalue weighted by Crippen LogP contribution is 2.23. The van der Waals surface area contributed by atoms with Gasteiger partial charge in [0.15, 0.2) is 0 Å². The number of rotatable bonds is 4. The normalized spacial score (nSPS) is 13.4. The van der Waals surface area contributed by atoms with Gasteiger partial charge in [-0.05, 0) is 32.9 Å². The fourth-order valence-corrected chi connectivity index (χ4v) is 1.63. The smallest absolute Gasteiger partial charge is 0.391 e. The molecule has 0 saturated carbocycles. The fourth-order valence-electron chi connectivity index (χ4n) is 1.63. The van der Waals surface area contributed by atoms with Gasteiger partial charge in [-0.25, -0.2) is 4.79 Å². The number of carbonyl (C=O) groups excluding carboxylic acids is 2. The van der Waals surface area contributed by atoms with Crippen LogP contribution in [0, 0.1) is 0 Å². The summed E-state index contributed by atoms with van der Waals surface area (Å²) in [5, 5.41) is 2.08. The number of esters is 1. The van der Waals surface area contributed by atoms with E-state index in [0.717, 1.165) is 0 Å². The highest BCUT2D eigenvalue weighted by Gasteiger charge is 2.38. The van der Waals surface area contributed by atoms with Gasteiger partial charge in [-0.15, -0.1) is 0 Å². The minimum absolute atomic E-state index is 0.165. The number of amides is 1. The van der Waals surface area contributed by atoms with Crippen LogP contribution < -0.4 is 5.32 Å². The highest BCUT2D eigenvalue weighted by molar-refractivity contribution is 5.96. The van der Waals surface area contributed by atoms with Crippen molar-refractivity contribution in [1.82, 2.24) is 5.32 Å². The Kier molecular flexibility index (Phi) is 5.57. The van der Waals surface area contributed by atoms with Gasteiger partial charge in [-0.2, -0.15) is 13.2 Å². The topological polar surface area (TPSA) is 55.4 Å². The Bertz CT molecular complexity index is 521. The molecule has 0 radical (unpaired) electrons. The molecule has 1 unspecified atom stereocenters. The van der Waals surface area contributed by atoms with Crippen molar-refractivity contribution in [2.45, 2.75) is 45.0 Å². The first-order valence-corrected chi connectivity index (χ1v) is 6.63. The summed E-state index contributed by atoms with van der Waals surface area (Å²) in [7, 11) is 0. The lowest BCUT2D eigenvalue weighted by molar-refractivity contribution is -0.170. The number of nitrogens with one attached hydrogen (secondary N) is 1. The molecule has 0 bridgehead atoms. The summed E-state index contributed by atoms with van der Waals surface area (Å²) in [5.41, 5.74) is -0.781. The average molecular weight is 317 g/mol. The van der Waals surface area contributed by atoms with E-state index >= 15 is 0 Å². The van der Waals surface area contributed by atoms with Crippen molar-refractivity contribution >= 4 is 11.9 Å². The Labute approximate surface area is 126 Å². The Hall–Kier alpha value is -2.05. The molecule has 0 aliphatic rings. The number of hydrogen-bond donors (Lipinski definition) is 1. The molecule has 0 aliphatic heterocycles. The lowest BCUT2D eigenvalue weighted by Gasteiger charge is -2.25. The maximum atomic E-state index is 12.6. The second-order valence-electron chi connectivity index (χ2n) is 5.74. The predicted octanol–water partition coefficient (Wildman–Crippen LogP) is 3.08. The summed E-state index contributed by atoms with van der Waals surface area (Å²) in [5.74, 6) is -1.88. The zero-order valence-corrected chi connectivity index (χ0v) is 12.5. The van der Waals surface area contributed by atoms with Crippen LogP contribution in [0.1, 0.15) is 37.6 Å². The summed E-state index contributed by atoms with van der Waals surface area (Å²) < 4.78 is 42.7. The van der Waals surface area contributed by atoms with Crippen molar-refractivity contribution in [2.24, 2.45) is 0 Å². The molecule has 0 aromatic heterocycles. The van der Waals surface area contributed by atoms with Crippen LogP contribution in [0.3, 0.4) is 0 Å². The van der Waals surface area contributed by atoms with Gasteiger partial charge in [0.2, 0.25) is 0 Å². The van der Waals surface area contributed by atoms with Crippen molar-refractivity contribution < 1.29 is 27.5 Å². The van der Waals surface area contributed by atoms with E-state index in [-0.39, 0.29) is 5.56 Å². The summed E-state index contributed by atoms with van der Waals surface area (Å²) in [6.07, 6.45) is -6.09. The molecule has 0 heterocycles. The molecular formula is C15H18F3NO3. The van der Waals surface area contributed by atoms with E-state index in [0.29, 0.717) is 0 Å². The van der Waals surface area contributed by atoms with Crippen LogP contribution in [-0.4, -0.2) is 29.7 Å². The van der Waals surface area contributed by atoms with Crippen molar-refractivity contribution in [3.8, 4) is 0 Å². The van der Waals surface area contributed by atoms with Crippen LogP contribution in [-0.2, 0) is 9.53 Å². The summed E-state index contributed by atoms with van der Waals surface area (Å²) in [4.78, 5) is 23.8. The van der Waals surface area contributed by atoms with E-state index in [9.17, 15) is 22.8 Å². The van der Waals surface area contributed by atoms with Gasteiger partial charge in [-0.1, -0.05) is 18.2 Å². The maximum absolute atomic E-state index is 12.6. The second kappa shape index (κ2) is 6.81. The van der Waals surface area contributed by atoms with Gasteiger partial charge in [0, 0.05) is 5.56 Å². The molecular weight excluding hydrogens is 299 g/mol. The summed E-state index contributed by atoms with van der Waals surface area (Å²) in [6, 6.07) is 5.90. The SMILES string of the molecule is CC(C)(C)OC(=O)C(CC(F)(F)F)NC(=O)c1ccccc1. The summed E-state index contributed by atoms with van der Waals surface area (Å²) in [6.45, 7) is 4.61. The third kappa shape index (κ3) is 6.60. The van der Waals surface area contributed by atoms with E-state index in [1.165, 1.54) is 32.9 Å². The fraction of sp³-hybridized carbons (Fsp3) is 0.467. The number of carbonyl (C=O) groups is 2. The molecule has 122 valence electrons. The van der Waals surface area contributed by atoms with Gasteiger partial charge >= 0.3 is 12.1 Å². The van der Waals surface area contributed by atoms with E-state index in [1.54, 1.807) is 18.2 Å². The molecule has 0 saturated heterocycles. The van der Waals surface area contributed by atoms with Crippen LogP contribution in [0.2, 0.25) is 0 Å². The number of alkyl halides is 3. The Morgan fingerprint density at radius 1 is 1.14 bits per heavy atom. The molecule has 0 spiro atoms.